The third-order valence-corrected chi connectivity index (χ3v) is 4.42. The molecule has 1 aliphatic heterocycles. The van der Waals surface area contributed by atoms with Gasteiger partial charge in [0.05, 0.1) is 11.8 Å². The molecule has 1 fully saturated rings. The number of aromatic nitrogens is 2. The number of hydrogen-bond acceptors (Lipinski definition) is 3. The van der Waals surface area contributed by atoms with Crippen LogP contribution < -0.4 is 5.32 Å². The number of hydrogen-bond donors (Lipinski definition) is 1. The number of nitrogens with one attached hydrogen (secondary N) is 1. The maximum atomic E-state index is 5.75. The summed E-state index contributed by atoms with van der Waals surface area (Å²) in [4.78, 5) is 0. The lowest BCUT2D eigenvalue weighted by atomic mass is 9.90. The number of likely N-dealkylation sites (N-methyl/N-ethyl adjacent to an activating group) is 1. The minimum Gasteiger partial charge on any atom is -0.378 e. The van der Waals surface area contributed by atoms with Crippen LogP contribution in [0.4, 0.5) is 0 Å². The molecule has 114 valence electrons. The quantitative estimate of drug-likeness (QED) is 0.833. The van der Waals surface area contributed by atoms with Gasteiger partial charge < -0.3 is 10.1 Å². The van der Waals surface area contributed by atoms with Gasteiger partial charge in [-0.1, -0.05) is 13.8 Å². The van der Waals surface area contributed by atoms with Gasteiger partial charge in [0.1, 0.15) is 0 Å². The lowest BCUT2D eigenvalue weighted by Crippen LogP contribution is -2.41. The third kappa shape index (κ3) is 3.41. The van der Waals surface area contributed by atoms with Gasteiger partial charge in [-0.3, -0.25) is 4.68 Å². The molecule has 1 aromatic heterocycles. The van der Waals surface area contributed by atoms with Gasteiger partial charge in [-0.25, -0.2) is 0 Å². The molecule has 0 aliphatic carbocycles. The highest BCUT2D eigenvalue weighted by Gasteiger charge is 2.32. The molecule has 0 amide bonds. The van der Waals surface area contributed by atoms with E-state index in [1.807, 2.05) is 0 Å². The predicted octanol–water partition coefficient (Wildman–Crippen LogP) is 2.41. The summed E-state index contributed by atoms with van der Waals surface area (Å²) in [6.45, 7) is 11.6. The van der Waals surface area contributed by atoms with Gasteiger partial charge in [0.15, 0.2) is 0 Å². The highest BCUT2D eigenvalue weighted by molar-refractivity contribution is 5.12. The largest absolute Gasteiger partial charge is 0.378 e. The Morgan fingerprint density at radius 2 is 2.25 bits per heavy atom. The zero-order valence-corrected chi connectivity index (χ0v) is 13.4. The first-order chi connectivity index (χ1) is 9.69. The first kappa shape index (κ1) is 15.5. The number of rotatable bonds is 7. The van der Waals surface area contributed by atoms with Crippen LogP contribution in [0.5, 0.6) is 0 Å². The van der Waals surface area contributed by atoms with Crippen molar-refractivity contribution < 1.29 is 4.74 Å². The van der Waals surface area contributed by atoms with Crippen LogP contribution >= 0.6 is 0 Å². The average molecular weight is 279 g/mol. The van der Waals surface area contributed by atoms with E-state index in [4.69, 9.17) is 4.74 Å². The van der Waals surface area contributed by atoms with E-state index in [-0.39, 0.29) is 0 Å². The van der Waals surface area contributed by atoms with E-state index in [0.29, 0.717) is 18.1 Å². The zero-order valence-electron chi connectivity index (χ0n) is 13.4. The van der Waals surface area contributed by atoms with E-state index < -0.39 is 0 Å². The summed E-state index contributed by atoms with van der Waals surface area (Å²) in [6, 6.07) is 2.76. The minimum atomic E-state index is 0.364. The molecule has 0 saturated carbocycles. The highest BCUT2D eigenvalue weighted by Crippen LogP contribution is 2.26. The van der Waals surface area contributed by atoms with Crippen LogP contribution in [0.2, 0.25) is 0 Å². The van der Waals surface area contributed by atoms with Gasteiger partial charge in [0.2, 0.25) is 0 Å². The van der Waals surface area contributed by atoms with E-state index in [1.54, 1.807) is 0 Å². The van der Waals surface area contributed by atoms with E-state index >= 15 is 0 Å². The van der Waals surface area contributed by atoms with Crippen molar-refractivity contribution in [3.63, 3.8) is 0 Å². The molecular weight excluding hydrogens is 250 g/mol. The Bertz CT molecular complexity index is 416. The van der Waals surface area contributed by atoms with Crippen molar-refractivity contribution in [2.24, 2.45) is 5.92 Å². The predicted molar refractivity (Wildman–Crippen MR) is 82.0 cm³/mol. The van der Waals surface area contributed by atoms with Gasteiger partial charge >= 0.3 is 0 Å². The zero-order chi connectivity index (χ0) is 14.5. The fraction of sp³-hybridized carbons (Fsp3) is 0.812. The SMILES string of the molecule is CCNC(Cc1cc(CC)nn1CC)C1CCOC1C. The lowest BCUT2D eigenvalue weighted by Gasteiger charge is -2.26. The summed E-state index contributed by atoms with van der Waals surface area (Å²) in [6.07, 6.45) is 3.59. The molecule has 4 nitrogen and oxygen atoms in total. The molecule has 2 heterocycles. The molecular formula is C16H29N3O. The maximum Gasteiger partial charge on any atom is 0.0624 e. The summed E-state index contributed by atoms with van der Waals surface area (Å²) in [5.41, 5.74) is 2.56. The van der Waals surface area contributed by atoms with E-state index in [0.717, 1.165) is 32.5 Å². The molecule has 20 heavy (non-hydrogen) atoms. The Kier molecular flexibility index (Phi) is 5.61. The van der Waals surface area contributed by atoms with Crippen LogP contribution in [-0.4, -0.2) is 35.1 Å². The molecule has 3 unspecified atom stereocenters. The molecule has 4 heteroatoms. The smallest absolute Gasteiger partial charge is 0.0624 e. The van der Waals surface area contributed by atoms with E-state index in [9.17, 15) is 0 Å². The molecule has 0 radical (unpaired) electrons. The molecule has 0 aromatic carbocycles. The minimum absolute atomic E-state index is 0.364. The molecule has 1 aromatic rings. The van der Waals surface area contributed by atoms with Crippen molar-refractivity contribution in [2.45, 2.75) is 65.6 Å². The van der Waals surface area contributed by atoms with Crippen molar-refractivity contribution in [1.82, 2.24) is 15.1 Å². The van der Waals surface area contributed by atoms with E-state index in [2.05, 4.69) is 48.9 Å². The first-order valence-electron chi connectivity index (χ1n) is 8.10. The average Bonchev–Trinajstić information content (AvgIpc) is 3.04. The molecule has 1 aliphatic rings. The molecule has 1 N–H and O–H groups in total. The Balaban J connectivity index is 2.12. The maximum absolute atomic E-state index is 5.75. The topological polar surface area (TPSA) is 39.1 Å². The van der Waals surface area contributed by atoms with Crippen LogP contribution in [0.1, 0.15) is 45.5 Å². The summed E-state index contributed by atoms with van der Waals surface area (Å²) >= 11 is 0. The fourth-order valence-corrected chi connectivity index (χ4v) is 3.26. The van der Waals surface area contributed by atoms with Crippen LogP contribution in [0.25, 0.3) is 0 Å². The van der Waals surface area contributed by atoms with Gasteiger partial charge in [-0.15, -0.1) is 0 Å². The van der Waals surface area contributed by atoms with Crippen molar-refractivity contribution >= 4 is 0 Å². The summed E-state index contributed by atoms with van der Waals surface area (Å²) in [5, 5.41) is 8.32. The number of ether oxygens (including phenoxy) is 1. The van der Waals surface area contributed by atoms with Crippen molar-refractivity contribution in [3.05, 3.63) is 17.5 Å². The van der Waals surface area contributed by atoms with Gasteiger partial charge in [0.25, 0.3) is 0 Å². The number of nitrogens with zero attached hydrogens (tertiary/aromatic N) is 2. The second-order valence-electron chi connectivity index (χ2n) is 5.69. The molecule has 2 rings (SSSR count). The second kappa shape index (κ2) is 7.23. The van der Waals surface area contributed by atoms with Gasteiger partial charge in [-0.2, -0.15) is 5.10 Å². The lowest BCUT2D eigenvalue weighted by molar-refractivity contribution is 0.0953. The van der Waals surface area contributed by atoms with Crippen molar-refractivity contribution in [1.29, 1.82) is 0 Å². The standard InChI is InChI=1S/C16H29N3O/c1-5-13-10-14(19(7-3)18-13)11-16(17-6-2)15-8-9-20-12(15)4/h10,12,15-17H,5-9,11H2,1-4H3. The Labute approximate surface area is 122 Å². The van der Waals surface area contributed by atoms with Gasteiger partial charge in [0, 0.05) is 37.2 Å². The van der Waals surface area contributed by atoms with Crippen LogP contribution in [-0.2, 0) is 24.1 Å². The Hall–Kier alpha value is -0.870. The first-order valence-corrected chi connectivity index (χ1v) is 8.10. The van der Waals surface area contributed by atoms with Crippen LogP contribution in [0.15, 0.2) is 6.07 Å². The van der Waals surface area contributed by atoms with Crippen molar-refractivity contribution in [2.75, 3.05) is 13.2 Å². The molecule has 0 spiro atoms. The monoisotopic (exact) mass is 279 g/mol. The van der Waals surface area contributed by atoms with Crippen molar-refractivity contribution in [3.8, 4) is 0 Å². The molecule has 3 atom stereocenters. The van der Waals surface area contributed by atoms with Gasteiger partial charge in [-0.05, 0) is 39.3 Å². The molecule has 1 saturated heterocycles. The number of aryl methyl sites for hydroxylation is 2. The van der Waals surface area contributed by atoms with E-state index in [1.165, 1.54) is 17.8 Å². The Morgan fingerprint density at radius 1 is 1.45 bits per heavy atom. The summed E-state index contributed by atoms with van der Waals surface area (Å²) < 4.78 is 7.91. The second-order valence-corrected chi connectivity index (χ2v) is 5.69. The summed E-state index contributed by atoms with van der Waals surface area (Å²) in [7, 11) is 0. The fourth-order valence-electron chi connectivity index (χ4n) is 3.26. The van der Waals surface area contributed by atoms with Crippen LogP contribution in [0, 0.1) is 5.92 Å². The third-order valence-electron chi connectivity index (χ3n) is 4.42. The Morgan fingerprint density at radius 3 is 2.80 bits per heavy atom. The summed E-state index contributed by atoms with van der Waals surface area (Å²) in [5.74, 6) is 0.611. The molecule has 0 bridgehead atoms. The highest BCUT2D eigenvalue weighted by atomic mass is 16.5. The normalized spacial score (nSPS) is 24.2. The van der Waals surface area contributed by atoms with Crippen LogP contribution in [0.3, 0.4) is 0 Å².